The number of aromatic nitrogens is 6. The molecule has 1 aromatic carbocycles. The molecule has 2 fully saturated rings. The third kappa shape index (κ3) is 5.86. The van der Waals surface area contributed by atoms with Gasteiger partial charge in [0.1, 0.15) is 5.82 Å². The zero-order chi connectivity index (χ0) is 25.8. The predicted octanol–water partition coefficient (Wildman–Crippen LogP) is 3.33. The van der Waals surface area contributed by atoms with Gasteiger partial charge < -0.3 is 14.7 Å². The second-order valence-corrected chi connectivity index (χ2v) is 9.52. The molecule has 2 aliphatic heterocycles. The largest absolute Gasteiger partial charge is 0.504 e. The van der Waals surface area contributed by atoms with Crippen molar-refractivity contribution in [3.8, 4) is 17.0 Å². The zero-order valence-electron chi connectivity index (χ0n) is 21.8. The normalized spacial score (nSPS) is 16.1. The van der Waals surface area contributed by atoms with Crippen LogP contribution in [0, 0.1) is 20.8 Å². The van der Waals surface area contributed by atoms with Gasteiger partial charge in [-0.1, -0.05) is 12.1 Å². The molecule has 6 rings (SSSR count). The number of aryl methyl sites for hydroxylation is 3. The number of aromatic hydroxyl groups is 1. The lowest BCUT2D eigenvalue weighted by atomic mass is 10.1. The highest BCUT2D eigenvalue weighted by atomic mass is 16.5. The molecule has 0 atom stereocenters. The summed E-state index contributed by atoms with van der Waals surface area (Å²) in [7, 11) is 0. The number of anilines is 1. The SMILES string of the molecule is Cc1nc2nc(C)c(O)c(C)n2n1.c1cc(N2CCCC2)ccc1-c1cnc(CN2CCOCC2)cn1. The van der Waals surface area contributed by atoms with Gasteiger partial charge in [0.05, 0.1) is 48.4 Å². The first-order chi connectivity index (χ1) is 18.0. The van der Waals surface area contributed by atoms with Gasteiger partial charge in [0, 0.05) is 44.0 Å². The number of fused-ring (bicyclic) bond motifs is 1. The van der Waals surface area contributed by atoms with Gasteiger partial charge in [0.2, 0.25) is 0 Å². The molecule has 37 heavy (non-hydrogen) atoms. The van der Waals surface area contributed by atoms with Crippen LogP contribution in [0.3, 0.4) is 0 Å². The van der Waals surface area contributed by atoms with E-state index < -0.39 is 0 Å². The Bertz CT molecular complexity index is 1330. The van der Waals surface area contributed by atoms with Gasteiger partial charge in [0.25, 0.3) is 5.78 Å². The molecular weight excluding hydrogens is 468 g/mol. The van der Waals surface area contributed by atoms with Crippen molar-refractivity contribution in [2.75, 3.05) is 44.3 Å². The fourth-order valence-corrected chi connectivity index (χ4v) is 4.66. The third-order valence-corrected chi connectivity index (χ3v) is 6.80. The number of hydrogen-bond acceptors (Lipinski definition) is 9. The van der Waals surface area contributed by atoms with Crippen molar-refractivity contribution in [2.24, 2.45) is 0 Å². The fraction of sp³-hybridized carbons (Fsp3) is 0.444. The Kier molecular flexibility index (Phi) is 7.57. The van der Waals surface area contributed by atoms with Crippen LogP contribution < -0.4 is 4.90 Å². The number of nitrogens with zero attached hydrogens (tertiary/aromatic N) is 8. The summed E-state index contributed by atoms with van der Waals surface area (Å²) in [6, 6.07) is 8.70. The van der Waals surface area contributed by atoms with E-state index >= 15 is 0 Å². The maximum Gasteiger partial charge on any atom is 0.253 e. The molecule has 0 radical (unpaired) electrons. The van der Waals surface area contributed by atoms with Crippen molar-refractivity contribution in [3.05, 3.63) is 59.6 Å². The van der Waals surface area contributed by atoms with Crippen LogP contribution >= 0.6 is 0 Å². The van der Waals surface area contributed by atoms with Crippen molar-refractivity contribution < 1.29 is 9.84 Å². The molecule has 4 aromatic rings. The van der Waals surface area contributed by atoms with Crippen LogP contribution in [0.5, 0.6) is 5.75 Å². The van der Waals surface area contributed by atoms with Crippen molar-refractivity contribution >= 4 is 11.5 Å². The molecule has 0 amide bonds. The Labute approximate surface area is 217 Å². The van der Waals surface area contributed by atoms with Crippen LogP contribution in [0.4, 0.5) is 5.69 Å². The van der Waals surface area contributed by atoms with Gasteiger partial charge in [-0.15, -0.1) is 5.10 Å². The van der Waals surface area contributed by atoms with E-state index in [1.165, 1.54) is 36.1 Å². The van der Waals surface area contributed by atoms with Crippen LogP contribution in [0.1, 0.15) is 35.7 Å². The molecule has 3 aromatic heterocycles. The molecule has 0 bridgehead atoms. The summed E-state index contributed by atoms with van der Waals surface area (Å²) in [4.78, 5) is 22.2. The molecule has 2 saturated heterocycles. The van der Waals surface area contributed by atoms with Gasteiger partial charge in [-0.05, 0) is 45.7 Å². The predicted molar refractivity (Wildman–Crippen MR) is 142 cm³/mol. The summed E-state index contributed by atoms with van der Waals surface area (Å²) in [5.74, 6) is 1.36. The molecule has 0 aliphatic carbocycles. The molecule has 10 nitrogen and oxygen atoms in total. The lowest BCUT2D eigenvalue weighted by Crippen LogP contribution is -2.35. The summed E-state index contributed by atoms with van der Waals surface area (Å²) in [5, 5.41) is 13.7. The fourth-order valence-electron chi connectivity index (χ4n) is 4.66. The Morgan fingerprint density at radius 1 is 0.892 bits per heavy atom. The van der Waals surface area contributed by atoms with Crippen molar-refractivity contribution in [2.45, 2.75) is 40.2 Å². The smallest absolute Gasteiger partial charge is 0.253 e. The molecule has 194 valence electrons. The maximum absolute atomic E-state index is 9.56. The maximum atomic E-state index is 9.56. The van der Waals surface area contributed by atoms with E-state index in [0.29, 0.717) is 23.0 Å². The van der Waals surface area contributed by atoms with Gasteiger partial charge in [-0.3, -0.25) is 14.9 Å². The first-order valence-electron chi connectivity index (χ1n) is 12.8. The van der Waals surface area contributed by atoms with E-state index in [1.807, 2.05) is 12.4 Å². The van der Waals surface area contributed by atoms with Crippen LogP contribution in [-0.2, 0) is 11.3 Å². The first kappa shape index (κ1) is 25.0. The van der Waals surface area contributed by atoms with E-state index in [2.05, 4.69) is 59.1 Å². The number of ether oxygens (including phenoxy) is 1. The summed E-state index contributed by atoms with van der Waals surface area (Å²) in [5.41, 5.74) is 5.65. The van der Waals surface area contributed by atoms with Gasteiger partial charge in [-0.2, -0.15) is 9.50 Å². The average Bonchev–Trinajstić information content (AvgIpc) is 3.59. The van der Waals surface area contributed by atoms with E-state index in [1.54, 1.807) is 20.8 Å². The molecule has 0 spiro atoms. The molecule has 1 N–H and O–H groups in total. The summed E-state index contributed by atoms with van der Waals surface area (Å²) in [6.45, 7) is 12.1. The van der Waals surface area contributed by atoms with Crippen LogP contribution in [0.25, 0.3) is 17.0 Å². The molecule has 0 unspecified atom stereocenters. The standard InChI is InChI=1S/C19H24N4O.C8H10N4O/c1-2-8-23(7-1)18-5-3-16(4-6-18)19-14-20-17(13-21-19)15-22-9-11-24-12-10-22;1-4-7(13)5(2)12-8(9-4)10-6(3)11-12/h3-6,13-14H,1-2,7-12,15H2;13H,1-3H3. The molecule has 10 heteroatoms. The Hall–Kier alpha value is -3.63. The summed E-state index contributed by atoms with van der Waals surface area (Å²) >= 11 is 0. The molecule has 0 saturated carbocycles. The van der Waals surface area contributed by atoms with Gasteiger partial charge in [0.15, 0.2) is 5.75 Å². The highest BCUT2D eigenvalue weighted by Gasteiger charge is 2.14. The third-order valence-electron chi connectivity index (χ3n) is 6.80. The van der Waals surface area contributed by atoms with E-state index in [4.69, 9.17) is 4.74 Å². The minimum absolute atomic E-state index is 0.178. The first-order valence-corrected chi connectivity index (χ1v) is 12.8. The quantitative estimate of drug-likeness (QED) is 0.450. The van der Waals surface area contributed by atoms with Crippen LogP contribution in [0.2, 0.25) is 0 Å². The van der Waals surface area contributed by atoms with Crippen LogP contribution in [0.15, 0.2) is 36.7 Å². The molecule has 2 aliphatic rings. The lowest BCUT2D eigenvalue weighted by molar-refractivity contribution is 0.0336. The number of hydrogen-bond donors (Lipinski definition) is 1. The topological polar surface area (TPSA) is 105 Å². The highest BCUT2D eigenvalue weighted by molar-refractivity contribution is 5.62. The minimum atomic E-state index is 0.178. The second kappa shape index (κ2) is 11.2. The van der Waals surface area contributed by atoms with Crippen molar-refractivity contribution in [1.82, 2.24) is 34.4 Å². The molecular formula is C27H34N8O2. The monoisotopic (exact) mass is 502 g/mol. The summed E-state index contributed by atoms with van der Waals surface area (Å²) in [6.07, 6.45) is 6.40. The van der Waals surface area contributed by atoms with E-state index in [9.17, 15) is 5.11 Å². The molecule has 5 heterocycles. The number of benzene rings is 1. The highest BCUT2D eigenvalue weighted by Crippen LogP contribution is 2.24. The lowest BCUT2D eigenvalue weighted by Gasteiger charge is -2.25. The zero-order valence-corrected chi connectivity index (χ0v) is 21.8. The number of morpholine rings is 1. The summed E-state index contributed by atoms with van der Waals surface area (Å²) < 4.78 is 6.92. The average molecular weight is 503 g/mol. The minimum Gasteiger partial charge on any atom is -0.504 e. The second-order valence-electron chi connectivity index (χ2n) is 9.52. The van der Waals surface area contributed by atoms with Crippen molar-refractivity contribution in [3.63, 3.8) is 0 Å². The Morgan fingerprint density at radius 3 is 2.30 bits per heavy atom. The van der Waals surface area contributed by atoms with Crippen molar-refractivity contribution in [1.29, 1.82) is 0 Å². The van der Waals surface area contributed by atoms with E-state index in [0.717, 1.165) is 49.8 Å². The Morgan fingerprint density at radius 2 is 1.62 bits per heavy atom. The van der Waals surface area contributed by atoms with Gasteiger partial charge >= 0.3 is 0 Å². The van der Waals surface area contributed by atoms with Crippen LogP contribution in [-0.4, -0.2) is 78.9 Å². The van der Waals surface area contributed by atoms with Gasteiger partial charge in [-0.25, -0.2) is 4.98 Å². The number of rotatable bonds is 4. The Balaban J connectivity index is 0.000000182. The van der Waals surface area contributed by atoms with E-state index in [-0.39, 0.29) is 5.75 Å².